The van der Waals surface area contributed by atoms with Crippen LogP contribution >= 0.6 is 0 Å². The maximum absolute atomic E-state index is 11.7. The van der Waals surface area contributed by atoms with Gasteiger partial charge in [0.25, 0.3) is 10.1 Å². The van der Waals surface area contributed by atoms with Gasteiger partial charge in [0.15, 0.2) is 0 Å². The van der Waals surface area contributed by atoms with Crippen molar-refractivity contribution in [3.63, 3.8) is 0 Å². The highest BCUT2D eigenvalue weighted by Crippen LogP contribution is 2.31. The first-order chi connectivity index (χ1) is 8.13. The number of nitrogens with two attached hydrogens (primary N) is 1. The zero-order valence-electron chi connectivity index (χ0n) is 9.54. The summed E-state index contributed by atoms with van der Waals surface area (Å²) >= 11 is 0. The normalized spacial score (nSPS) is 12.4. The van der Waals surface area contributed by atoms with E-state index in [0.29, 0.717) is 0 Å². The molecule has 8 nitrogen and oxygen atoms in total. The fourth-order valence-electron chi connectivity index (χ4n) is 1.26. The first-order valence-corrected chi connectivity index (χ1v) is 7.44. The van der Waals surface area contributed by atoms with Crippen LogP contribution in [0.1, 0.15) is 0 Å². The van der Waals surface area contributed by atoms with Gasteiger partial charge in [-0.25, -0.2) is 13.1 Å². The number of sulfonamides is 1. The summed E-state index contributed by atoms with van der Waals surface area (Å²) in [5.41, 5.74) is 5.09. The van der Waals surface area contributed by atoms with Crippen molar-refractivity contribution >= 4 is 25.8 Å². The van der Waals surface area contributed by atoms with E-state index in [-0.39, 0.29) is 11.4 Å². The lowest BCUT2D eigenvalue weighted by Gasteiger charge is -2.11. The van der Waals surface area contributed by atoms with Crippen LogP contribution in [0.15, 0.2) is 21.9 Å². The Balaban J connectivity index is 3.72. The van der Waals surface area contributed by atoms with Crippen molar-refractivity contribution in [3.05, 3.63) is 12.1 Å². The Labute approximate surface area is 105 Å². The fourth-order valence-corrected chi connectivity index (χ4v) is 2.86. The Hall–Kier alpha value is -1.36. The highest BCUT2D eigenvalue weighted by molar-refractivity contribution is 7.89. The summed E-state index contributed by atoms with van der Waals surface area (Å²) in [6, 6.07) is 1.74. The van der Waals surface area contributed by atoms with E-state index in [0.717, 1.165) is 19.2 Å². The first kappa shape index (κ1) is 14.7. The van der Waals surface area contributed by atoms with Crippen LogP contribution < -0.4 is 15.2 Å². The van der Waals surface area contributed by atoms with E-state index in [1.165, 1.54) is 7.11 Å². The molecule has 0 unspecified atom stereocenters. The number of nitrogens with one attached hydrogen (secondary N) is 1. The minimum atomic E-state index is -4.62. The van der Waals surface area contributed by atoms with E-state index < -0.39 is 29.9 Å². The van der Waals surface area contributed by atoms with Crippen LogP contribution in [-0.2, 0) is 20.1 Å². The Bertz CT molecular complexity index is 665. The van der Waals surface area contributed by atoms with Crippen LogP contribution in [-0.4, -0.2) is 35.5 Å². The zero-order chi connectivity index (χ0) is 14.1. The number of hydrogen-bond donors (Lipinski definition) is 3. The number of methoxy groups -OCH3 is 1. The largest absolute Gasteiger partial charge is 0.495 e. The molecule has 0 fully saturated rings. The Morgan fingerprint density at radius 2 is 1.78 bits per heavy atom. The fraction of sp³-hybridized carbons (Fsp3) is 0.250. The van der Waals surface area contributed by atoms with Crippen LogP contribution in [0.25, 0.3) is 0 Å². The number of nitrogen functional groups attached to an aromatic ring is 1. The molecule has 0 saturated heterocycles. The van der Waals surface area contributed by atoms with Crippen molar-refractivity contribution in [1.29, 1.82) is 0 Å². The predicted octanol–water partition coefficient (Wildman–Crippen LogP) is -0.568. The van der Waals surface area contributed by atoms with Crippen molar-refractivity contribution < 1.29 is 26.1 Å². The molecule has 4 N–H and O–H groups in total. The molecular formula is C8H12N2O6S2. The monoisotopic (exact) mass is 296 g/mol. The first-order valence-electron chi connectivity index (χ1n) is 4.52. The minimum absolute atomic E-state index is 0.130. The highest BCUT2D eigenvalue weighted by Gasteiger charge is 2.24. The van der Waals surface area contributed by atoms with Crippen molar-refractivity contribution in [2.75, 3.05) is 19.9 Å². The second-order valence-corrected chi connectivity index (χ2v) is 6.47. The molecule has 10 heteroatoms. The number of rotatable bonds is 4. The molecule has 18 heavy (non-hydrogen) atoms. The maximum Gasteiger partial charge on any atom is 0.296 e. The van der Waals surface area contributed by atoms with Gasteiger partial charge >= 0.3 is 0 Å². The lowest BCUT2D eigenvalue weighted by molar-refractivity contribution is 0.402. The number of hydrogen-bond acceptors (Lipinski definition) is 6. The summed E-state index contributed by atoms with van der Waals surface area (Å²) < 4.78 is 61.2. The molecule has 0 aliphatic heterocycles. The summed E-state index contributed by atoms with van der Waals surface area (Å²) in [4.78, 5) is -1.13. The summed E-state index contributed by atoms with van der Waals surface area (Å²) in [5, 5.41) is 0. The van der Waals surface area contributed by atoms with Gasteiger partial charge in [0, 0.05) is 6.07 Å². The molecule has 0 aliphatic carbocycles. The molecule has 0 atom stereocenters. The lowest BCUT2D eigenvalue weighted by atomic mass is 10.3. The molecule has 0 aromatic heterocycles. The Kier molecular flexibility index (Phi) is 3.86. The van der Waals surface area contributed by atoms with Gasteiger partial charge in [0.2, 0.25) is 10.0 Å². The topological polar surface area (TPSA) is 136 Å². The standard InChI is InChI=1S/C8H12N2O6S2/c1-10-17(11,12)8-4-7(18(13,14)15)5(9)3-6(8)16-2/h3-4,10H,9H2,1-2H3,(H,13,14,15). The Morgan fingerprint density at radius 3 is 2.17 bits per heavy atom. The third kappa shape index (κ3) is 2.72. The van der Waals surface area contributed by atoms with Crippen LogP contribution in [0.5, 0.6) is 5.75 Å². The zero-order valence-corrected chi connectivity index (χ0v) is 11.2. The molecule has 0 radical (unpaired) electrons. The molecule has 1 aromatic carbocycles. The number of anilines is 1. The molecule has 0 aliphatic rings. The van der Waals surface area contributed by atoms with Crippen LogP contribution in [0, 0.1) is 0 Å². The van der Waals surface area contributed by atoms with Gasteiger partial charge < -0.3 is 10.5 Å². The Morgan fingerprint density at radius 1 is 1.22 bits per heavy atom. The SMILES string of the molecule is CNS(=O)(=O)c1cc(S(=O)(=O)O)c(N)cc1OC. The predicted molar refractivity (Wildman–Crippen MR) is 63.5 cm³/mol. The van der Waals surface area contributed by atoms with Crippen molar-refractivity contribution in [1.82, 2.24) is 4.72 Å². The number of ether oxygens (including phenoxy) is 1. The summed E-state index contributed by atoms with van der Waals surface area (Å²) in [7, 11) is -6.21. The van der Waals surface area contributed by atoms with Gasteiger partial charge in [-0.2, -0.15) is 8.42 Å². The van der Waals surface area contributed by atoms with Crippen molar-refractivity contribution in [2.45, 2.75) is 9.79 Å². The van der Waals surface area contributed by atoms with Gasteiger partial charge in [-0.05, 0) is 13.1 Å². The quantitative estimate of drug-likeness (QED) is 0.500. The smallest absolute Gasteiger partial charge is 0.296 e. The molecule has 0 saturated carbocycles. The molecule has 1 aromatic rings. The van der Waals surface area contributed by atoms with Crippen molar-refractivity contribution in [3.8, 4) is 5.75 Å². The maximum atomic E-state index is 11.7. The average molecular weight is 296 g/mol. The number of benzene rings is 1. The van der Waals surface area contributed by atoms with Gasteiger partial charge in [-0.1, -0.05) is 0 Å². The van der Waals surface area contributed by atoms with E-state index in [2.05, 4.69) is 0 Å². The van der Waals surface area contributed by atoms with Crippen molar-refractivity contribution in [2.24, 2.45) is 0 Å². The van der Waals surface area contributed by atoms with E-state index >= 15 is 0 Å². The van der Waals surface area contributed by atoms with E-state index in [1.807, 2.05) is 4.72 Å². The van der Waals surface area contributed by atoms with E-state index in [1.54, 1.807) is 0 Å². The van der Waals surface area contributed by atoms with Gasteiger partial charge in [0.05, 0.1) is 12.8 Å². The van der Waals surface area contributed by atoms with Crippen LogP contribution in [0.4, 0.5) is 5.69 Å². The molecule has 0 amide bonds. The highest BCUT2D eigenvalue weighted by atomic mass is 32.2. The van der Waals surface area contributed by atoms with Gasteiger partial charge in [-0.15, -0.1) is 0 Å². The lowest BCUT2D eigenvalue weighted by Crippen LogP contribution is -2.20. The van der Waals surface area contributed by atoms with E-state index in [4.69, 9.17) is 15.0 Å². The van der Waals surface area contributed by atoms with Crippen LogP contribution in [0.2, 0.25) is 0 Å². The average Bonchev–Trinajstić information content (AvgIpc) is 2.26. The molecule has 1 rings (SSSR count). The van der Waals surface area contributed by atoms with E-state index in [9.17, 15) is 16.8 Å². The third-order valence-corrected chi connectivity index (χ3v) is 4.48. The molecular weight excluding hydrogens is 284 g/mol. The summed E-state index contributed by atoms with van der Waals surface area (Å²) in [5.74, 6) is -0.130. The minimum Gasteiger partial charge on any atom is -0.495 e. The summed E-state index contributed by atoms with van der Waals surface area (Å²) in [6.07, 6.45) is 0. The summed E-state index contributed by atoms with van der Waals surface area (Å²) in [6.45, 7) is 0. The molecule has 0 heterocycles. The molecule has 0 spiro atoms. The van der Waals surface area contributed by atoms with Crippen LogP contribution in [0.3, 0.4) is 0 Å². The molecule has 0 bridgehead atoms. The molecule has 102 valence electrons. The van der Waals surface area contributed by atoms with Gasteiger partial charge in [0.1, 0.15) is 15.5 Å². The van der Waals surface area contributed by atoms with Gasteiger partial charge in [-0.3, -0.25) is 4.55 Å². The third-order valence-electron chi connectivity index (χ3n) is 2.13. The second kappa shape index (κ2) is 4.72. The second-order valence-electron chi connectivity index (χ2n) is 3.22.